The second-order valence-electron chi connectivity index (χ2n) is 5.43. The van der Waals surface area contributed by atoms with E-state index in [0.717, 1.165) is 26.2 Å². The first kappa shape index (κ1) is 13.3. The molecule has 0 spiro atoms. The summed E-state index contributed by atoms with van der Waals surface area (Å²) in [5, 5.41) is 0. The van der Waals surface area contributed by atoms with Gasteiger partial charge in [-0.2, -0.15) is 0 Å². The number of hydrogen-bond acceptors (Lipinski definition) is 4. The molecule has 2 saturated heterocycles. The fourth-order valence-corrected chi connectivity index (χ4v) is 2.84. The van der Waals surface area contributed by atoms with Crippen LogP contribution in [0.4, 0.5) is 0 Å². The summed E-state index contributed by atoms with van der Waals surface area (Å²) in [5.41, 5.74) is 6.15. The van der Waals surface area contributed by atoms with Crippen molar-refractivity contribution in [3.63, 3.8) is 0 Å². The largest absolute Gasteiger partial charge is 0.381 e. The molecule has 0 amide bonds. The number of piperazine rings is 1. The minimum absolute atomic E-state index is 0.345. The van der Waals surface area contributed by atoms with Gasteiger partial charge in [-0.3, -0.25) is 0 Å². The third kappa shape index (κ3) is 3.91. The third-order valence-corrected chi connectivity index (χ3v) is 4.03. The van der Waals surface area contributed by atoms with Gasteiger partial charge >= 0.3 is 0 Å². The van der Waals surface area contributed by atoms with Crippen molar-refractivity contribution in [1.29, 1.82) is 0 Å². The normalized spacial score (nSPS) is 32.8. The molecule has 2 unspecified atom stereocenters. The van der Waals surface area contributed by atoms with Crippen LogP contribution in [0.2, 0.25) is 0 Å². The Bertz CT molecular complexity index is 217. The molecule has 0 radical (unpaired) electrons. The summed E-state index contributed by atoms with van der Waals surface area (Å²) in [6.07, 6.45) is 2.29. The summed E-state index contributed by atoms with van der Waals surface area (Å²) in [6, 6.07) is 0.345. The average molecular weight is 241 g/mol. The zero-order valence-corrected chi connectivity index (χ0v) is 11.1. The van der Waals surface area contributed by atoms with E-state index in [4.69, 9.17) is 10.5 Å². The minimum Gasteiger partial charge on any atom is -0.381 e. The Hall–Kier alpha value is -0.160. The maximum absolute atomic E-state index is 6.15. The molecule has 0 aliphatic carbocycles. The predicted molar refractivity (Wildman–Crippen MR) is 70.1 cm³/mol. The summed E-state index contributed by atoms with van der Waals surface area (Å²) >= 11 is 0. The van der Waals surface area contributed by atoms with E-state index in [2.05, 4.69) is 16.7 Å². The van der Waals surface area contributed by atoms with Gasteiger partial charge in [-0.05, 0) is 19.4 Å². The molecule has 2 aliphatic rings. The minimum atomic E-state index is 0.345. The van der Waals surface area contributed by atoms with Gasteiger partial charge in [0.1, 0.15) is 0 Å². The second-order valence-corrected chi connectivity index (χ2v) is 5.43. The molecule has 0 saturated carbocycles. The molecule has 2 heterocycles. The lowest BCUT2D eigenvalue weighted by atomic mass is 9.96. The number of rotatable bonds is 4. The summed E-state index contributed by atoms with van der Waals surface area (Å²) in [5.74, 6) is 0.543. The molecule has 17 heavy (non-hydrogen) atoms. The number of nitrogens with zero attached hydrogens (tertiary/aromatic N) is 2. The highest BCUT2D eigenvalue weighted by Gasteiger charge is 2.26. The lowest BCUT2D eigenvalue weighted by Crippen LogP contribution is -2.51. The monoisotopic (exact) mass is 241 g/mol. The van der Waals surface area contributed by atoms with E-state index in [-0.39, 0.29) is 0 Å². The van der Waals surface area contributed by atoms with Crippen molar-refractivity contribution < 1.29 is 4.74 Å². The van der Waals surface area contributed by atoms with Crippen LogP contribution in [0.15, 0.2) is 0 Å². The van der Waals surface area contributed by atoms with Gasteiger partial charge in [0.25, 0.3) is 0 Å². The molecule has 2 atom stereocenters. The third-order valence-electron chi connectivity index (χ3n) is 4.03. The van der Waals surface area contributed by atoms with Crippen LogP contribution in [0, 0.1) is 5.92 Å². The van der Waals surface area contributed by atoms with Crippen LogP contribution in [-0.4, -0.2) is 68.3 Å². The van der Waals surface area contributed by atoms with E-state index in [0.29, 0.717) is 12.0 Å². The van der Waals surface area contributed by atoms with Gasteiger partial charge in [0.05, 0.1) is 6.61 Å². The smallest absolute Gasteiger partial charge is 0.0521 e. The lowest BCUT2D eigenvalue weighted by molar-refractivity contribution is 0.0175. The predicted octanol–water partition coefficient (Wildman–Crippen LogP) is 0.378. The Balaban J connectivity index is 1.70. The van der Waals surface area contributed by atoms with Crippen molar-refractivity contribution in [3.8, 4) is 0 Å². The quantitative estimate of drug-likeness (QED) is 0.772. The topological polar surface area (TPSA) is 41.7 Å². The van der Waals surface area contributed by atoms with E-state index in [9.17, 15) is 0 Å². The Morgan fingerprint density at radius 1 is 1.18 bits per heavy atom. The SMILES string of the molecule is CCCN1CCN(CC2COCCC2N)CC1. The maximum Gasteiger partial charge on any atom is 0.0521 e. The first-order valence-corrected chi connectivity index (χ1v) is 7.07. The molecule has 4 heteroatoms. The highest BCUT2D eigenvalue weighted by atomic mass is 16.5. The summed E-state index contributed by atoms with van der Waals surface area (Å²) < 4.78 is 5.54. The van der Waals surface area contributed by atoms with Crippen molar-refractivity contribution in [2.24, 2.45) is 11.7 Å². The Kier molecular flexibility index (Phi) is 5.22. The van der Waals surface area contributed by atoms with Gasteiger partial charge in [-0.15, -0.1) is 0 Å². The van der Waals surface area contributed by atoms with Gasteiger partial charge in [0, 0.05) is 51.3 Å². The molecule has 2 fully saturated rings. The van der Waals surface area contributed by atoms with Crippen molar-refractivity contribution in [2.75, 3.05) is 52.5 Å². The van der Waals surface area contributed by atoms with E-state index < -0.39 is 0 Å². The van der Waals surface area contributed by atoms with Gasteiger partial charge in [-0.25, -0.2) is 0 Å². The Labute approximate surface area is 105 Å². The van der Waals surface area contributed by atoms with Crippen LogP contribution < -0.4 is 5.73 Å². The summed E-state index contributed by atoms with van der Waals surface area (Å²) in [7, 11) is 0. The van der Waals surface area contributed by atoms with Crippen molar-refractivity contribution in [2.45, 2.75) is 25.8 Å². The summed E-state index contributed by atoms with van der Waals surface area (Å²) in [4.78, 5) is 5.12. The first-order chi connectivity index (χ1) is 8.29. The molecule has 0 aromatic heterocycles. The molecule has 4 nitrogen and oxygen atoms in total. The van der Waals surface area contributed by atoms with Crippen molar-refractivity contribution >= 4 is 0 Å². The molecule has 2 N–H and O–H groups in total. The molecule has 2 aliphatic heterocycles. The lowest BCUT2D eigenvalue weighted by Gasteiger charge is -2.38. The maximum atomic E-state index is 6.15. The zero-order valence-electron chi connectivity index (χ0n) is 11.1. The van der Waals surface area contributed by atoms with Crippen LogP contribution in [0.1, 0.15) is 19.8 Å². The molecule has 2 rings (SSSR count). The van der Waals surface area contributed by atoms with Crippen LogP contribution in [0.3, 0.4) is 0 Å². The number of nitrogens with two attached hydrogens (primary N) is 1. The van der Waals surface area contributed by atoms with E-state index in [1.165, 1.54) is 39.1 Å². The second kappa shape index (κ2) is 6.69. The van der Waals surface area contributed by atoms with Crippen LogP contribution in [-0.2, 0) is 4.74 Å². The fourth-order valence-electron chi connectivity index (χ4n) is 2.84. The fraction of sp³-hybridized carbons (Fsp3) is 1.00. The van der Waals surface area contributed by atoms with Crippen LogP contribution >= 0.6 is 0 Å². The molecule has 0 aromatic carbocycles. The molecule has 0 aromatic rings. The van der Waals surface area contributed by atoms with E-state index in [1.54, 1.807) is 0 Å². The molecule has 100 valence electrons. The molecular formula is C13H27N3O. The standard InChI is InChI=1S/C13H27N3O/c1-2-4-15-5-7-16(8-6-15)10-12-11-17-9-3-13(12)14/h12-13H,2-11,14H2,1H3. The molecule has 0 bridgehead atoms. The van der Waals surface area contributed by atoms with Gasteiger partial charge in [0.2, 0.25) is 0 Å². The van der Waals surface area contributed by atoms with Gasteiger partial charge in [-0.1, -0.05) is 6.92 Å². The van der Waals surface area contributed by atoms with E-state index >= 15 is 0 Å². The van der Waals surface area contributed by atoms with Gasteiger partial charge < -0.3 is 20.3 Å². The Morgan fingerprint density at radius 3 is 2.53 bits per heavy atom. The van der Waals surface area contributed by atoms with Crippen molar-refractivity contribution in [1.82, 2.24) is 9.80 Å². The Morgan fingerprint density at radius 2 is 1.88 bits per heavy atom. The highest BCUT2D eigenvalue weighted by molar-refractivity contribution is 4.81. The van der Waals surface area contributed by atoms with Crippen LogP contribution in [0.5, 0.6) is 0 Å². The number of ether oxygens (including phenoxy) is 1. The summed E-state index contributed by atoms with van der Waals surface area (Å²) in [6.45, 7) is 11.2. The van der Waals surface area contributed by atoms with E-state index in [1.807, 2.05) is 0 Å². The van der Waals surface area contributed by atoms with Gasteiger partial charge in [0.15, 0.2) is 0 Å². The molecular weight excluding hydrogens is 214 g/mol. The van der Waals surface area contributed by atoms with Crippen molar-refractivity contribution in [3.05, 3.63) is 0 Å². The first-order valence-electron chi connectivity index (χ1n) is 7.07. The zero-order chi connectivity index (χ0) is 12.1. The average Bonchev–Trinajstić information content (AvgIpc) is 2.35. The highest BCUT2D eigenvalue weighted by Crippen LogP contribution is 2.15. The number of hydrogen-bond donors (Lipinski definition) is 1. The van der Waals surface area contributed by atoms with Crippen LogP contribution in [0.25, 0.3) is 0 Å².